The lowest BCUT2D eigenvalue weighted by Crippen LogP contribution is -2.14. The van der Waals surface area contributed by atoms with Gasteiger partial charge in [0.15, 0.2) is 0 Å². The van der Waals surface area contributed by atoms with Crippen LogP contribution in [0.3, 0.4) is 0 Å². The van der Waals surface area contributed by atoms with Gasteiger partial charge in [-0.05, 0) is 39.3 Å². The summed E-state index contributed by atoms with van der Waals surface area (Å²) in [4.78, 5) is 11.6. The maximum absolute atomic E-state index is 11.6. The molecule has 2 rings (SSSR count). The first-order chi connectivity index (χ1) is 7.66. The fourth-order valence-corrected chi connectivity index (χ4v) is 1.55. The summed E-state index contributed by atoms with van der Waals surface area (Å²) in [7, 11) is 0. The molecule has 0 radical (unpaired) electrons. The van der Waals surface area contributed by atoms with Crippen LogP contribution in [0.4, 0.5) is 5.69 Å². The van der Waals surface area contributed by atoms with Crippen molar-refractivity contribution in [3.63, 3.8) is 0 Å². The summed E-state index contributed by atoms with van der Waals surface area (Å²) >= 11 is 9.09. The first-order valence-electron chi connectivity index (χ1n) is 4.16. The zero-order valence-corrected chi connectivity index (χ0v) is 10.1. The van der Waals surface area contributed by atoms with Gasteiger partial charge in [0.25, 0.3) is 11.7 Å². The Morgan fingerprint density at radius 3 is 3.00 bits per heavy atom. The highest BCUT2D eigenvalue weighted by Crippen LogP contribution is 2.25. The van der Waals surface area contributed by atoms with Crippen LogP contribution in [-0.2, 0) is 0 Å². The number of aromatic amines is 1. The van der Waals surface area contributed by atoms with Gasteiger partial charge in [0.05, 0.1) is 5.69 Å². The molecule has 1 aromatic heterocycles. The van der Waals surface area contributed by atoms with E-state index < -0.39 is 5.91 Å². The van der Waals surface area contributed by atoms with Crippen LogP contribution < -0.4 is 5.32 Å². The minimum Gasteiger partial charge on any atom is -0.318 e. The molecular formula is C8H5BrClN5O. The van der Waals surface area contributed by atoms with Crippen LogP contribution in [0, 0.1) is 0 Å². The lowest BCUT2D eigenvalue weighted by Gasteiger charge is -2.05. The Labute approximate surface area is 104 Å². The van der Waals surface area contributed by atoms with Gasteiger partial charge in [0, 0.05) is 9.50 Å². The fraction of sp³-hybridized carbons (Fsp3) is 0. The third kappa shape index (κ3) is 2.37. The zero-order valence-electron chi connectivity index (χ0n) is 7.74. The Morgan fingerprint density at radius 1 is 1.50 bits per heavy atom. The van der Waals surface area contributed by atoms with Gasteiger partial charge in [-0.1, -0.05) is 11.6 Å². The summed E-state index contributed by atoms with van der Waals surface area (Å²) in [6.45, 7) is 0. The molecule has 6 nitrogen and oxygen atoms in total. The number of benzene rings is 1. The molecule has 1 amide bonds. The molecule has 2 aromatic rings. The van der Waals surface area contributed by atoms with Crippen molar-refractivity contribution in [2.24, 2.45) is 0 Å². The summed E-state index contributed by atoms with van der Waals surface area (Å²) in [6.07, 6.45) is 0. The van der Waals surface area contributed by atoms with E-state index in [-0.39, 0.29) is 5.82 Å². The van der Waals surface area contributed by atoms with Crippen molar-refractivity contribution in [3.05, 3.63) is 33.5 Å². The van der Waals surface area contributed by atoms with Gasteiger partial charge in [-0.2, -0.15) is 5.21 Å². The number of anilines is 1. The average Bonchev–Trinajstić information content (AvgIpc) is 2.76. The van der Waals surface area contributed by atoms with Crippen LogP contribution in [0.2, 0.25) is 5.02 Å². The van der Waals surface area contributed by atoms with E-state index in [9.17, 15) is 4.79 Å². The second-order valence-electron chi connectivity index (χ2n) is 2.81. The Bertz CT molecular complexity index is 515. The molecule has 0 unspecified atom stereocenters. The van der Waals surface area contributed by atoms with Crippen molar-refractivity contribution >= 4 is 39.1 Å². The summed E-state index contributed by atoms with van der Waals surface area (Å²) in [5, 5.41) is 15.7. The molecule has 0 fully saturated rings. The summed E-state index contributed by atoms with van der Waals surface area (Å²) in [5.41, 5.74) is 0.544. The van der Waals surface area contributed by atoms with Crippen LogP contribution >= 0.6 is 27.5 Å². The average molecular weight is 303 g/mol. The molecule has 82 valence electrons. The van der Waals surface area contributed by atoms with Crippen LogP contribution in [0.25, 0.3) is 0 Å². The molecule has 1 aromatic carbocycles. The molecule has 0 aliphatic heterocycles. The molecule has 8 heteroatoms. The summed E-state index contributed by atoms with van der Waals surface area (Å²) in [5.74, 6) is -0.497. The molecule has 0 saturated carbocycles. The quantitative estimate of drug-likeness (QED) is 0.887. The first-order valence-corrected chi connectivity index (χ1v) is 5.34. The minimum atomic E-state index is -0.461. The summed E-state index contributed by atoms with van der Waals surface area (Å²) in [6, 6.07) is 5.05. The van der Waals surface area contributed by atoms with Crippen molar-refractivity contribution in [1.29, 1.82) is 0 Å². The van der Waals surface area contributed by atoms with E-state index in [1.165, 1.54) is 0 Å². The zero-order chi connectivity index (χ0) is 11.5. The molecule has 2 N–H and O–H groups in total. The van der Waals surface area contributed by atoms with Gasteiger partial charge >= 0.3 is 0 Å². The van der Waals surface area contributed by atoms with E-state index in [0.717, 1.165) is 0 Å². The lowest BCUT2D eigenvalue weighted by molar-refractivity contribution is 0.101. The molecule has 0 bridgehead atoms. The Kier molecular flexibility index (Phi) is 3.16. The monoisotopic (exact) mass is 301 g/mol. The van der Waals surface area contributed by atoms with Gasteiger partial charge in [-0.3, -0.25) is 4.79 Å². The Balaban J connectivity index is 2.21. The molecular weight excluding hydrogens is 297 g/mol. The van der Waals surface area contributed by atoms with Gasteiger partial charge in [0.2, 0.25) is 0 Å². The predicted octanol–water partition coefficient (Wildman–Crippen LogP) is 1.87. The maximum Gasteiger partial charge on any atom is 0.297 e. The highest BCUT2D eigenvalue weighted by atomic mass is 79.9. The number of carbonyl (C=O) groups is 1. The van der Waals surface area contributed by atoms with E-state index in [1.54, 1.807) is 18.2 Å². The Morgan fingerprint density at radius 2 is 2.31 bits per heavy atom. The molecule has 0 saturated heterocycles. The SMILES string of the molecule is O=C(Nc1cc(Cl)ccc1Br)c1nn[nH]n1. The fourth-order valence-electron chi connectivity index (χ4n) is 1.03. The molecule has 1 heterocycles. The second-order valence-corrected chi connectivity index (χ2v) is 4.10. The number of hydrogen-bond donors (Lipinski definition) is 2. The van der Waals surface area contributed by atoms with Crippen molar-refractivity contribution in [2.75, 3.05) is 5.32 Å². The van der Waals surface area contributed by atoms with E-state index in [0.29, 0.717) is 15.2 Å². The number of aromatic nitrogens is 4. The number of nitrogens with zero attached hydrogens (tertiary/aromatic N) is 3. The van der Waals surface area contributed by atoms with E-state index in [2.05, 4.69) is 41.9 Å². The number of amides is 1. The molecule has 0 aliphatic rings. The predicted molar refractivity (Wildman–Crippen MR) is 61.3 cm³/mol. The highest BCUT2D eigenvalue weighted by Gasteiger charge is 2.12. The number of tetrazole rings is 1. The van der Waals surface area contributed by atoms with Crippen LogP contribution in [0.15, 0.2) is 22.7 Å². The Hall–Kier alpha value is -1.47. The number of nitrogens with one attached hydrogen (secondary N) is 2. The molecule has 0 spiro atoms. The topological polar surface area (TPSA) is 83.6 Å². The number of halogens is 2. The number of carbonyl (C=O) groups excluding carboxylic acids is 1. The summed E-state index contributed by atoms with van der Waals surface area (Å²) < 4.78 is 0.716. The van der Waals surface area contributed by atoms with Crippen molar-refractivity contribution in [3.8, 4) is 0 Å². The molecule has 0 aliphatic carbocycles. The molecule has 0 atom stereocenters. The highest BCUT2D eigenvalue weighted by molar-refractivity contribution is 9.10. The maximum atomic E-state index is 11.6. The van der Waals surface area contributed by atoms with Gasteiger partial charge in [-0.15, -0.1) is 10.2 Å². The van der Waals surface area contributed by atoms with Crippen molar-refractivity contribution in [2.45, 2.75) is 0 Å². The van der Waals surface area contributed by atoms with Gasteiger partial charge < -0.3 is 5.32 Å². The number of hydrogen-bond acceptors (Lipinski definition) is 4. The third-order valence-electron chi connectivity index (χ3n) is 1.73. The van der Waals surface area contributed by atoms with Crippen LogP contribution in [0.5, 0.6) is 0 Å². The lowest BCUT2D eigenvalue weighted by atomic mass is 10.3. The normalized spacial score (nSPS) is 10.1. The van der Waals surface area contributed by atoms with E-state index in [1.807, 2.05) is 0 Å². The third-order valence-corrected chi connectivity index (χ3v) is 2.65. The first kappa shape index (κ1) is 11.0. The molecule has 16 heavy (non-hydrogen) atoms. The van der Waals surface area contributed by atoms with Crippen LogP contribution in [0.1, 0.15) is 10.6 Å². The van der Waals surface area contributed by atoms with Crippen molar-refractivity contribution in [1.82, 2.24) is 20.6 Å². The van der Waals surface area contributed by atoms with E-state index in [4.69, 9.17) is 11.6 Å². The second kappa shape index (κ2) is 4.58. The van der Waals surface area contributed by atoms with Gasteiger partial charge in [0.1, 0.15) is 0 Å². The smallest absolute Gasteiger partial charge is 0.297 e. The minimum absolute atomic E-state index is 0.0353. The standard InChI is InChI=1S/C8H5BrClN5O/c9-5-2-1-4(10)3-6(5)11-8(16)7-12-14-15-13-7/h1-3H,(H,11,16)(H,12,13,14,15). The van der Waals surface area contributed by atoms with Gasteiger partial charge in [-0.25, -0.2) is 0 Å². The number of H-pyrrole nitrogens is 1. The van der Waals surface area contributed by atoms with E-state index >= 15 is 0 Å². The number of rotatable bonds is 2. The van der Waals surface area contributed by atoms with Crippen LogP contribution in [-0.4, -0.2) is 26.5 Å². The van der Waals surface area contributed by atoms with Crippen molar-refractivity contribution < 1.29 is 4.79 Å². The largest absolute Gasteiger partial charge is 0.318 e.